The fourth-order valence-electron chi connectivity index (χ4n) is 1.79. The van der Waals surface area contributed by atoms with Gasteiger partial charge in [-0.1, -0.05) is 30.3 Å². The number of hydrogen-bond acceptors (Lipinski definition) is 6. The minimum absolute atomic E-state index is 0.0614. The second-order valence-electron chi connectivity index (χ2n) is 4.16. The van der Waals surface area contributed by atoms with Crippen molar-refractivity contribution in [3.8, 4) is 11.5 Å². The van der Waals surface area contributed by atoms with E-state index in [9.17, 15) is 20.4 Å². The Hall–Kier alpha value is -2.44. The highest BCUT2D eigenvalue weighted by atomic mass is 16.5. The molecule has 6 heteroatoms. The zero-order valence-electron chi connectivity index (χ0n) is 9.91. The summed E-state index contributed by atoms with van der Waals surface area (Å²) in [5.41, 5.74) is 10.5. The zero-order chi connectivity index (χ0) is 14.2. The third kappa shape index (κ3) is 2.03. The summed E-state index contributed by atoms with van der Waals surface area (Å²) in [6.45, 7) is 0. The van der Waals surface area contributed by atoms with Crippen molar-refractivity contribution in [1.82, 2.24) is 0 Å². The van der Waals surface area contributed by atoms with Gasteiger partial charge in [0.05, 0.1) is 11.3 Å². The minimum atomic E-state index is -2.50. The molecule has 0 unspecified atom stereocenters. The highest BCUT2D eigenvalue weighted by molar-refractivity contribution is 5.77. The lowest BCUT2D eigenvalue weighted by Gasteiger charge is -2.24. The van der Waals surface area contributed by atoms with Gasteiger partial charge in [0.15, 0.2) is 11.5 Å². The van der Waals surface area contributed by atoms with Gasteiger partial charge in [0.25, 0.3) is 0 Å². The average Bonchev–Trinajstić information content (AvgIpc) is 2.41. The molecule has 2 aromatic carbocycles. The van der Waals surface area contributed by atoms with Crippen molar-refractivity contribution >= 4 is 11.4 Å². The molecule has 0 radical (unpaired) electrons. The number of benzene rings is 2. The van der Waals surface area contributed by atoms with E-state index in [1.54, 1.807) is 18.2 Å². The summed E-state index contributed by atoms with van der Waals surface area (Å²) < 4.78 is 0. The Labute approximate surface area is 109 Å². The van der Waals surface area contributed by atoms with Crippen LogP contribution >= 0.6 is 0 Å². The maximum absolute atomic E-state index is 10.2. The van der Waals surface area contributed by atoms with E-state index in [4.69, 9.17) is 11.5 Å². The Bertz CT molecular complexity index is 612. The van der Waals surface area contributed by atoms with E-state index in [0.717, 1.165) is 6.07 Å². The van der Waals surface area contributed by atoms with Gasteiger partial charge < -0.3 is 31.9 Å². The minimum Gasteiger partial charge on any atom is -0.504 e. The van der Waals surface area contributed by atoms with E-state index in [1.807, 2.05) is 0 Å². The molecule has 0 aliphatic heterocycles. The van der Waals surface area contributed by atoms with Crippen LogP contribution in [-0.4, -0.2) is 20.4 Å². The van der Waals surface area contributed by atoms with E-state index in [1.165, 1.54) is 12.1 Å². The average molecular weight is 262 g/mol. The summed E-state index contributed by atoms with van der Waals surface area (Å²) in [5.74, 6) is -3.90. The number of phenols is 2. The first-order valence-corrected chi connectivity index (χ1v) is 5.46. The second-order valence-corrected chi connectivity index (χ2v) is 4.16. The summed E-state index contributed by atoms with van der Waals surface area (Å²) in [5, 5.41) is 39.7. The van der Waals surface area contributed by atoms with Crippen LogP contribution in [0.1, 0.15) is 11.1 Å². The lowest BCUT2D eigenvalue weighted by Crippen LogP contribution is -2.27. The summed E-state index contributed by atoms with van der Waals surface area (Å²) >= 11 is 0. The quantitative estimate of drug-likeness (QED) is 0.201. The molecule has 0 aromatic heterocycles. The number of phenolic OH excluding ortho intramolecular Hbond substituents is 2. The number of nitrogen functional groups attached to an aromatic ring is 2. The summed E-state index contributed by atoms with van der Waals surface area (Å²) in [6.07, 6.45) is 0. The summed E-state index contributed by atoms with van der Waals surface area (Å²) in [6, 6.07) is 8.94. The standard InChI is InChI=1S/C13H14N2O4/c14-9-6-8(11(16)12(17)10(9)15)13(18,19)7-4-2-1-3-5-7/h1-6,16-19H,14-15H2. The van der Waals surface area contributed by atoms with E-state index < -0.39 is 17.3 Å². The molecule has 0 heterocycles. The first-order chi connectivity index (χ1) is 8.85. The Morgan fingerprint density at radius 1 is 0.895 bits per heavy atom. The maximum Gasteiger partial charge on any atom is 0.221 e. The van der Waals surface area contributed by atoms with Crippen LogP contribution in [-0.2, 0) is 5.79 Å². The molecule has 0 amide bonds. The highest BCUT2D eigenvalue weighted by Crippen LogP contribution is 2.44. The molecule has 0 aliphatic carbocycles. The molecular formula is C13H14N2O4. The van der Waals surface area contributed by atoms with Gasteiger partial charge in [-0.05, 0) is 6.07 Å². The summed E-state index contributed by atoms with van der Waals surface area (Å²) in [7, 11) is 0. The van der Waals surface area contributed by atoms with Crippen LogP contribution in [0.2, 0.25) is 0 Å². The Morgan fingerprint density at radius 2 is 1.47 bits per heavy atom. The zero-order valence-corrected chi connectivity index (χ0v) is 9.91. The van der Waals surface area contributed by atoms with Crippen molar-refractivity contribution < 1.29 is 20.4 Å². The molecule has 0 fully saturated rings. The van der Waals surface area contributed by atoms with Crippen molar-refractivity contribution in [3.05, 3.63) is 47.5 Å². The molecule has 0 saturated carbocycles. The van der Waals surface area contributed by atoms with Crippen molar-refractivity contribution in [2.24, 2.45) is 0 Å². The van der Waals surface area contributed by atoms with Crippen LogP contribution in [0.15, 0.2) is 36.4 Å². The highest BCUT2D eigenvalue weighted by Gasteiger charge is 2.33. The number of rotatable bonds is 2. The van der Waals surface area contributed by atoms with Crippen molar-refractivity contribution in [2.75, 3.05) is 11.5 Å². The predicted octanol–water partition coefficient (Wildman–Crippen LogP) is 0.448. The predicted molar refractivity (Wildman–Crippen MR) is 70.3 cm³/mol. The lowest BCUT2D eigenvalue weighted by molar-refractivity contribution is -0.133. The fourth-order valence-corrected chi connectivity index (χ4v) is 1.79. The van der Waals surface area contributed by atoms with Crippen LogP contribution in [0.25, 0.3) is 0 Å². The first-order valence-electron chi connectivity index (χ1n) is 5.46. The lowest BCUT2D eigenvalue weighted by atomic mass is 9.95. The molecule has 19 heavy (non-hydrogen) atoms. The maximum atomic E-state index is 10.2. The molecule has 8 N–H and O–H groups in total. The Morgan fingerprint density at radius 3 is 2.05 bits per heavy atom. The molecule has 0 saturated heterocycles. The number of anilines is 2. The molecule has 6 nitrogen and oxygen atoms in total. The van der Waals surface area contributed by atoms with Crippen molar-refractivity contribution in [3.63, 3.8) is 0 Å². The molecule has 0 spiro atoms. The molecule has 0 bridgehead atoms. The second kappa shape index (κ2) is 4.34. The molecule has 2 aromatic rings. The van der Waals surface area contributed by atoms with Crippen LogP contribution in [0.3, 0.4) is 0 Å². The van der Waals surface area contributed by atoms with Gasteiger partial charge in [-0.15, -0.1) is 0 Å². The van der Waals surface area contributed by atoms with Crippen molar-refractivity contribution in [1.29, 1.82) is 0 Å². The van der Waals surface area contributed by atoms with E-state index in [0.29, 0.717) is 0 Å². The number of hydrogen-bond donors (Lipinski definition) is 6. The Kier molecular flexibility index (Phi) is 2.97. The van der Waals surface area contributed by atoms with Crippen LogP contribution in [0.5, 0.6) is 11.5 Å². The molecular weight excluding hydrogens is 248 g/mol. The third-order valence-corrected chi connectivity index (χ3v) is 2.90. The normalized spacial score (nSPS) is 11.5. The van der Waals surface area contributed by atoms with Crippen molar-refractivity contribution in [2.45, 2.75) is 5.79 Å². The SMILES string of the molecule is Nc1cc(C(O)(O)c2ccccc2)c(O)c(O)c1N. The number of aliphatic hydroxyl groups is 2. The summed E-state index contributed by atoms with van der Waals surface area (Å²) in [4.78, 5) is 0. The van der Waals surface area contributed by atoms with Crippen LogP contribution in [0, 0.1) is 0 Å². The molecule has 0 aliphatic rings. The first kappa shape index (κ1) is 13.0. The van der Waals surface area contributed by atoms with Gasteiger partial charge in [0.2, 0.25) is 5.79 Å². The Balaban J connectivity index is 2.65. The molecule has 0 atom stereocenters. The van der Waals surface area contributed by atoms with E-state index in [-0.39, 0.29) is 22.5 Å². The van der Waals surface area contributed by atoms with Gasteiger partial charge in [0.1, 0.15) is 5.69 Å². The fraction of sp³-hybridized carbons (Fsp3) is 0.0769. The van der Waals surface area contributed by atoms with Gasteiger partial charge in [-0.2, -0.15) is 0 Å². The smallest absolute Gasteiger partial charge is 0.221 e. The number of aromatic hydroxyl groups is 2. The van der Waals surface area contributed by atoms with Gasteiger partial charge in [-0.25, -0.2) is 0 Å². The third-order valence-electron chi connectivity index (χ3n) is 2.90. The van der Waals surface area contributed by atoms with Gasteiger partial charge in [-0.3, -0.25) is 0 Å². The number of nitrogens with two attached hydrogens (primary N) is 2. The molecule has 100 valence electrons. The van der Waals surface area contributed by atoms with E-state index >= 15 is 0 Å². The van der Waals surface area contributed by atoms with Gasteiger partial charge in [0, 0.05) is 5.56 Å². The van der Waals surface area contributed by atoms with Crippen LogP contribution < -0.4 is 11.5 Å². The van der Waals surface area contributed by atoms with E-state index in [2.05, 4.69) is 0 Å². The topological polar surface area (TPSA) is 133 Å². The van der Waals surface area contributed by atoms with Crippen LogP contribution in [0.4, 0.5) is 11.4 Å². The van der Waals surface area contributed by atoms with Gasteiger partial charge >= 0.3 is 0 Å². The molecule has 2 rings (SSSR count). The monoisotopic (exact) mass is 262 g/mol. The largest absolute Gasteiger partial charge is 0.504 e.